The van der Waals surface area contributed by atoms with Crippen LogP contribution in [0.1, 0.15) is 19.4 Å². The van der Waals surface area contributed by atoms with Crippen molar-refractivity contribution in [2.75, 3.05) is 5.73 Å². The Balaban J connectivity index is 2.45. The van der Waals surface area contributed by atoms with Gasteiger partial charge in [-0.05, 0) is 25.0 Å². The largest absolute Gasteiger partial charge is 0.367 e. The standard InChI is InChI=1S/C13H15FN2O/c1-13(2,14)7-9-5-3-4-6-10(9)11-8-16-17-12(11)15/h3-6,8H,7,15H2,1-2H3. The third-order valence-electron chi connectivity index (χ3n) is 2.52. The smallest absolute Gasteiger partial charge is 0.229 e. The van der Waals surface area contributed by atoms with Crippen LogP contribution in [0.3, 0.4) is 0 Å². The van der Waals surface area contributed by atoms with E-state index in [0.717, 1.165) is 11.1 Å². The number of rotatable bonds is 3. The number of benzene rings is 1. The van der Waals surface area contributed by atoms with Gasteiger partial charge in [0.05, 0.1) is 11.8 Å². The van der Waals surface area contributed by atoms with E-state index in [0.29, 0.717) is 12.0 Å². The molecule has 0 amide bonds. The molecule has 0 unspecified atom stereocenters. The molecule has 0 bridgehead atoms. The van der Waals surface area contributed by atoms with E-state index in [1.54, 1.807) is 20.0 Å². The third kappa shape index (κ3) is 2.64. The number of anilines is 1. The number of hydrogen-bond donors (Lipinski definition) is 1. The van der Waals surface area contributed by atoms with Crippen LogP contribution in [0.15, 0.2) is 35.0 Å². The Morgan fingerprint density at radius 1 is 1.29 bits per heavy atom. The number of alkyl halides is 1. The molecule has 0 saturated carbocycles. The lowest BCUT2D eigenvalue weighted by atomic mass is 9.93. The van der Waals surface area contributed by atoms with E-state index < -0.39 is 5.67 Å². The third-order valence-corrected chi connectivity index (χ3v) is 2.52. The summed E-state index contributed by atoms with van der Waals surface area (Å²) in [5.74, 6) is 0.258. The highest BCUT2D eigenvalue weighted by molar-refractivity contribution is 5.74. The van der Waals surface area contributed by atoms with Crippen LogP contribution in [-0.4, -0.2) is 10.8 Å². The van der Waals surface area contributed by atoms with Gasteiger partial charge in [0.15, 0.2) is 0 Å². The fourth-order valence-corrected chi connectivity index (χ4v) is 1.84. The summed E-state index contributed by atoms with van der Waals surface area (Å²) in [4.78, 5) is 0. The van der Waals surface area contributed by atoms with Gasteiger partial charge < -0.3 is 10.3 Å². The molecule has 0 radical (unpaired) electrons. The van der Waals surface area contributed by atoms with E-state index in [1.807, 2.05) is 24.3 Å². The van der Waals surface area contributed by atoms with Gasteiger partial charge in [-0.25, -0.2) is 4.39 Å². The SMILES string of the molecule is CC(C)(F)Cc1ccccc1-c1cnoc1N. The first-order valence-corrected chi connectivity index (χ1v) is 5.45. The zero-order valence-electron chi connectivity index (χ0n) is 9.90. The van der Waals surface area contributed by atoms with Gasteiger partial charge in [-0.15, -0.1) is 0 Å². The number of nitrogens with two attached hydrogens (primary N) is 1. The van der Waals surface area contributed by atoms with E-state index in [-0.39, 0.29) is 5.88 Å². The molecular formula is C13H15FN2O. The minimum absolute atomic E-state index is 0.258. The molecule has 3 nitrogen and oxygen atoms in total. The van der Waals surface area contributed by atoms with Crippen LogP contribution in [0.4, 0.5) is 10.3 Å². The lowest BCUT2D eigenvalue weighted by molar-refractivity contribution is 0.217. The van der Waals surface area contributed by atoms with Gasteiger partial charge in [-0.2, -0.15) is 0 Å². The quantitative estimate of drug-likeness (QED) is 0.887. The van der Waals surface area contributed by atoms with E-state index in [4.69, 9.17) is 10.3 Å². The number of hydrogen-bond acceptors (Lipinski definition) is 3. The van der Waals surface area contributed by atoms with Gasteiger partial charge in [0, 0.05) is 6.42 Å². The van der Waals surface area contributed by atoms with Crippen molar-refractivity contribution in [1.82, 2.24) is 5.16 Å². The van der Waals surface area contributed by atoms with Crippen molar-refractivity contribution in [2.45, 2.75) is 25.9 Å². The van der Waals surface area contributed by atoms with Crippen LogP contribution in [0, 0.1) is 0 Å². The Labute approximate surface area is 99.4 Å². The molecule has 90 valence electrons. The van der Waals surface area contributed by atoms with Crippen LogP contribution in [-0.2, 0) is 6.42 Å². The molecule has 0 atom stereocenters. The average molecular weight is 234 g/mol. The molecule has 0 saturated heterocycles. The topological polar surface area (TPSA) is 52.0 Å². The molecule has 0 aliphatic heterocycles. The van der Waals surface area contributed by atoms with Gasteiger partial charge in [-0.1, -0.05) is 29.4 Å². The highest BCUT2D eigenvalue weighted by Gasteiger charge is 2.20. The van der Waals surface area contributed by atoms with E-state index in [9.17, 15) is 4.39 Å². The molecule has 1 aromatic carbocycles. The monoisotopic (exact) mass is 234 g/mol. The average Bonchev–Trinajstić information content (AvgIpc) is 2.63. The van der Waals surface area contributed by atoms with Crippen LogP contribution in [0.5, 0.6) is 0 Å². The molecule has 0 aliphatic rings. The number of nitrogens with zero attached hydrogens (tertiary/aromatic N) is 1. The summed E-state index contributed by atoms with van der Waals surface area (Å²) in [6.07, 6.45) is 1.88. The summed E-state index contributed by atoms with van der Waals surface area (Å²) < 4.78 is 18.6. The van der Waals surface area contributed by atoms with Gasteiger partial charge in [0.2, 0.25) is 5.88 Å². The highest BCUT2D eigenvalue weighted by Crippen LogP contribution is 2.31. The normalized spacial score (nSPS) is 11.7. The Bertz CT molecular complexity index is 514. The predicted molar refractivity (Wildman–Crippen MR) is 65.2 cm³/mol. The lowest BCUT2D eigenvalue weighted by Gasteiger charge is -2.16. The van der Waals surface area contributed by atoms with Crippen molar-refractivity contribution >= 4 is 5.88 Å². The predicted octanol–water partition coefficient (Wildman–Crippen LogP) is 3.21. The number of halogens is 1. The zero-order valence-corrected chi connectivity index (χ0v) is 9.90. The van der Waals surface area contributed by atoms with Crippen molar-refractivity contribution in [2.24, 2.45) is 0 Å². The van der Waals surface area contributed by atoms with Crippen molar-refractivity contribution in [1.29, 1.82) is 0 Å². The summed E-state index contributed by atoms with van der Waals surface area (Å²) in [7, 11) is 0. The summed E-state index contributed by atoms with van der Waals surface area (Å²) in [6.45, 7) is 3.11. The molecule has 2 N–H and O–H groups in total. The molecule has 0 fully saturated rings. The first-order valence-electron chi connectivity index (χ1n) is 5.45. The summed E-state index contributed by atoms with van der Waals surface area (Å²) in [5, 5.41) is 3.64. The van der Waals surface area contributed by atoms with E-state index in [2.05, 4.69) is 5.16 Å². The molecule has 4 heteroatoms. The Kier molecular flexibility index (Phi) is 2.88. The second kappa shape index (κ2) is 4.20. The number of nitrogen functional groups attached to an aromatic ring is 1. The van der Waals surface area contributed by atoms with Gasteiger partial charge in [0.1, 0.15) is 5.67 Å². The fourth-order valence-electron chi connectivity index (χ4n) is 1.84. The molecule has 2 rings (SSSR count). The molecular weight excluding hydrogens is 219 g/mol. The Morgan fingerprint density at radius 3 is 2.59 bits per heavy atom. The fraction of sp³-hybridized carbons (Fsp3) is 0.308. The minimum Gasteiger partial charge on any atom is -0.367 e. The first-order chi connectivity index (χ1) is 7.97. The Morgan fingerprint density at radius 2 is 2.00 bits per heavy atom. The zero-order chi connectivity index (χ0) is 12.5. The minimum atomic E-state index is -1.26. The summed E-state index contributed by atoms with van der Waals surface area (Å²) in [6, 6.07) is 7.55. The second-order valence-electron chi connectivity index (χ2n) is 4.66. The molecule has 17 heavy (non-hydrogen) atoms. The van der Waals surface area contributed by atoms with Crippen LogP contribution >= 0.6 is 0 Å². The van der Waals surface area contributed by atoms with Crippen LogP contribution < -0.4 is 5.73 Å². The maximum atomic E-state index is 13.7. The molecule has 0 spiro atoms. The number of aromatic nitrogens is 1. The summed E-state index contributed by atoms with van der Waals surface area (Å²) in [5.41, 5.74) is 6.90. The summed E-state index contributed by atoms with van der Waals surface area (Å²) >= 11 is 0. The maximum absolute atomic E-state index is 13.7. The van der Waals surface area contributed by atoms with Gasteiger partial charge in [-0.3, -0.25) is 0 Å². The van der Waals surface area contributed by atoms with Crippen LogP contribution in [0.2, 0.25) is 0 Å². The van der Waals surface area contributed by atoms with Gasteiger partial charge in [0.25, 0.3) is 0 Å². The highest BCUT2D eigenvalue weighted by atomic mass is 19.1. The molecule has 0 aliphatic carbocycles. The molecule has 2 aromatic rings. The van der Waals surface area contributed by atoms with E-state index in [1.165, 1.54) is 0 Å². The second-order valence-corrected chi connectivity index (χ2v) is 4.66. The van der Waals surface area contributed by atoms with Crippen LogP contribution in [0.25, 0.3) is 11.1 Å². The first kappa shape index (κ1) is 11.6. The Hall–Kier alpha value is -1.84. The maximum Gasteiger partial charge on any atom is 0.229 e. The van der Waals surface area contributed by atoms with Crippen molar-refractivity contribution in [3.63, 3.8) is 0 Å². The molecule has 1 heterocycles. The molecule has 1 aromatic heterocycles. The van der Waals surface area contributed by atoms with E-state index >= 15 is 0 Å². The van der Waals surface area contributed by atoms with Crippen molar-refractivity contribution in [3.8, 4) is 11.1 Å². The van der Waals surface area contributed by atoms with Crippen molar-refractivity contribution in [3.05, 3.63) is 36.0 Å². The van der Waals surface area contributed by atoms with Gasteiger partial charge >= 0.3 is 0 Å². The van der Waals surface area contributed by atoms with Crippen molar-refractivity contribution < 1.29 is 8.91 Å². The lowest BCUT2D eigenvalue weighted by Crippen LogP contribution is -2.16.